The molecule has 0 radical (unpaired) electrons. The van der Waals surface area contributed by atoms with E-state index in [0.29, 0.717) is 38.8 Å². The second-order valence-corrected chi connectivity index (χ2v) is 4.94. The van der Waals surface area contributed by atoms with Crippen LogP contribution in [0.4, 0.5) is 4.79 Å². The number of hydrogen-bond acceptors (Lipinski definition) is 3. The Hall–Kier alpha value is -0.810. The van der Waals surface area contributed by atoms with Gasteiger partial charge in [0.05, 0.1) is 13.2 Å². The van der Waals surface area contributed by atoms with E-state index in [2.05, 4.69) is 5.32 Å². The molecule has 98 valence electrons. The highest BCUT2D eigenvalue weighted by molar-refractivity contribution is 5.74. The van der Waals surface area contributed by atoms with Gasteiger partial charge in [-0.3, -0.25) is 0 Å². The molecule has 2 amide bonds. The Balaban J connectivity index is 1.83. The average molecular weight is 241 g/mol. The number of ether oxygens (including phenoxy) is 1. The van der Waals surface area contributed by atoms with Crippen LogP contribution in [0, 0.1) is 5.92 Å². The third-order valence-corrected chi connectivity index (χ3v) is 3.82. The lowest BCUT2D eigenvalue weighted by Crippen LogP contribution is -2.52. The van der Waals surface area contributed by atoms with Gasteiger partial charge in [0.1, 0.15) is 0 Å². The van der Waals surface area contributed by atoms with Crippen LogP contribution in [-0.4, -0.2) is 49.8 Å². The second kappa shape index (κ2) is 6.21. The highest BCUT2D eigenvalue weighted by atomic mass is 16.5. The van der Waals surface area contributed by atoms with Crippen LogP contribution < -0.4 is 11.1 Å². The number of rotatable bonds is 2. The fraction of sp³-hybridized carbons (Fsp3) is 0.917. The highest BCUT2D eigenvalue weighted by Gasteiger charge is 2.27. The summed E-state index contributed by atoms with van der Waals surface area (Å²) in [6, 6.07) is 0.322. The topological polar surface area (TPSA) is 67.6 Å². The van der Waals surface area contributed by atoms with Gasteiger partial charge in [0.2, 0.25) is 0 Å². The predicted octanol–water partition coefficient (Wildman–Crippen LogP) is 0.546. The van der Waals surface area contributed by atoms with Gasteiger partial charge in [0.15, 0.2) is 0 Å². The van der Waals surface area contributed by atoms with E-state index < -0.39 is 0 Å². The molecule has 3 N–H and O–H groups in total. The Bertz CT molecular complexity index is 254. The molecule has 1 aliphatic heterocycles. The van der Waals surface area contributed by atoms with Gasteiger partial charge >= 0.3 is 6.03 Å². The molecule has 2 unspecified atom stereocenters. The number of nitrogens with two attached hydrogens (primary N) is 1. The van der Waals surface area contributed by atoms with E-state index in [9.17, 15) is 4.79 Å². The molecule has 2 fully saturated rings. The zero-order valence-corrected chi connectivity index (χ0v) is 10.4. The minimum Gasteiger partial charge on any atom is -0.378 e. The summed E-state index contributed by atoms with van der Waals surface area (Å²) in [6.07, 6.45) is 4.65. The van der Waals surface area contributed by atoms with Crippen molar-refractivity contribution < 1.29 is 9.53 Å². The van der Waals surface area contributed by atoms with Gasteiger partial charge in [0, 0.05) is 19.1 Å². The Kier molecular flexibility index (Phi) is 4.62. The maximum atomic E-state index is 12.0. The van der Waals surface area contributed by atoms with Crippen LogP contribution in [0.15, 0.2) is 0 Å². The number of hydrogen-bond donors (Lipinski definition) is 2. The molecule has 17 heavy (non-hydrogen) atoms. The number of amides is 2. The van der Waals surface area contributed by atoms with Crippen molar-refractivity contribution in [2.75, 3.05) is 32.8 Å². The monoisotopic (exact) mass is 241 g/mol. The van der Waals surface area contributed by atoms with Gasteiger partial charge in [-0.15, -0.1) is 0 Å². The molecule has 5 heteroatoms. The van der Waals surface area contributed by atoms with E-state index in [0.717, 1.165) is 12.8 Å². The summed E-state index contributed by atoms with van der Waals surface area (Å²) in [5, 5.41) is 3.14. The molecule has 0 aromatic carbocycles. The number of morpholine rings is 1. The molecule has 2 aliphatic rings. The minimum absolute atomic E-state index is 0.0543. The first-order chi connectivity index (χ1) is 8.31. The SMILES string of the molecule is NCC1CCCCC1NC(=O)N1CCOCC1. The molecule has 0 bridgehead atoms. The van der Waals surface area contributed by atoms with Crippen molar-refractivity contribution in [3.05, 3.63) is 0 Å². The molecule has 0 aromatic rings. The summed E-state index contributed by atoms with van der Waals surface area (Å²) >= 11 is 0. The zero-order valence-electron chi connectivity index (χ0n) is 10.4. The van der Waals surface area contributed by atoms with Crippen molar-refractivity contribution in [1.29, 1.82) is 0 Å². The van der Waals surface area contributed by atoms with Crippen molar-refractivity contribution in [3.8, 4) is 0 Å². The first-order valence-electron chi connectivity index (χ1n) is 6.64. The molecule has 0 spiro atoms. The van der Waals surface area contributed by atoms with Crippen LogP contribution in [0.5, 0.6) is 0 Å². The van der Waals surface area contributed by atoms with Crippen LogP contribution in [0.2, 0.25) is 0 Å². The maximum Gasteiger partial charge on any atom is 0.317 e. The Morgan fingerprint density at radius 2 is 2.00 bits per heavy atom. The van der Waals surface area contributed by atoms with E-state index in [4.69, 9.17) is 10.5 Å². The summed E-state index contributed by atoms with van der Waals surface area (Å²) in [5.41, 5.74) is 5.76. The lowest BCUT2D eigenvalue weighted by Gasteiger charge is -2.34. The molecule has 1 heterocycles. The van der Waals surface area contributed by atoms with E-state index in [1.54, 1.807) is 0 Å². The molecule has 1 aliphatic carbocycles. The van der Waals surface area contributed by atoms with Crippen molar-refractivity contribution in [1.82, 2.24) is 10.2 Å². The summed E-state index contributed by atoms with van der Waals surface area (Å²) < 4.78 is 5.24. The van der Waals surface area contributed by atoms with Gasteiger partial charge < -0.3 is 20.7 Å². The molecule has 1 saturated heterocycles. The van der Waals surface area contributed by atoms with Crippen LogP contribution in [-0.2, 0) is 4.74 Å². The summed E-state index contributed by atoms with van der Waals surface area (Å²) in [6.45, 7) is 3.38. The second-order valence-electron chi connectivity index (χ2n) is 4.94. The van der Waals surface area contributed by atoms with Gasteiger partial charge in [-0.2, -0.15) is 0 Å². The van der Waals surface area contributed by atoms with Gasteiger partial charge in [0.25, 0.3) is 0 Å². The molecule has 0 aromatic heterocycles. The van der Waals surface area contributed by atoms with Gasteiger partial charge in [-0.25, -0.2) is 4.79 Å². The van der Waals surface area contributed by atoms with E-state index in [-0.39, 0.29) is 12.1 Å². The van der Waals surface area contributed by atoms with Gasteiger partial charge in [-0.05, 0) is 25.3 Å². The normalized spacial score (nSPS) is 30.1. The largest absolute Gasteiger partial charge is 0.378 e. The predicted molar refractivity (Wildman–Crippen MR) is 65.7 cm³/mol. The zero-order chi connectivity index (χ0) is 12.1. The molecular formula is C12H23N3O2. The number of urea groups is 1. The average Bonchev–Trinajstić information content (AvgIpc) is 2.40. The summed E-state index contributed by atoms with van der Waals surface area (Å²) in [7, 11) is 0. The van der Waals surface area contributed by atoms with Crippen molar-refractivity contribution in [2.24, 2.45) is 11.7 Å². The summed E-state index contributed by atoms with van der Waals surface area (Å²) in [5.74, 6) is 0.453. The lowest BCUT2D eigenvalue weighted by atomic mass is 9.84. The fourth-order valence-electron chi connectivity index (χ4n) is 2.70. The van der Waals surface area contributed by atoms with Crippen molar-refractivity contribution >= 4 is 6.03 Å². The quantitative estimate of drug-likeness (QED) is 0.741. The van der Waals surface area contributed by atoms with Crippen LogP contribution >= 0.6 is 0 Å². The van der Waals surface area contributed by atoms with E-state index >= 15 is 0 Å². The minimum atomic E-state index is 0.0543. The van der Waals surface area contributed by atoms with Crippen molar-refractivity contribution in [2.45, 2.75) is 31.7 Å². The molecule has 5 nitrogen and oxygen atoms in total. The fourth-order valence-corrected chi connectivity index (χ4v) is 2.70. The standard InChI is InChI=1S/C12H23N3O2/c13-9-10-3-1-2-4-11(10)14-12(16)15-5-7-17-8-6-15/h10-11H,1-9,13H2,(H,14,16). The Morgan fingerprint density at radius 1 is 1.29 bits per heavy atom. The molecule has 2 rings (SSSR count). The van der Waals surface area contributed by atoms with Crippen molar-refractivity contribution in [3.63, 3.8) is 0 Å². The number of carbonyl (C=O) groups excluding carboxylic acids is 1. The molecule has 2 atom stereocenters. The third-order valence-electron chi connectivity index (χ3n) is 3.82. The van der Waals surface area contributed by atoms with Crippen LogP contribution in [0.25, 0.3) is 0 Å². The molecular weight excluding hydrogens is 218 g/mol. The third kappa shape index (κ3) is 3.33. The Morgan fingerprint density at radius 3 is 2.71 bits per heavy atom. The van der Waals surface area contributed by atoms with Crippen LogP contribution in [0.3, 0.4) is 0 Å². The van der Waals surface area contributed by atoms with E-state index in [1.165, 1.54) is 12.8 Å². The number of nitrogens with one attached hydrogen (secondary N) is 1. The van der Waals surface area contributed by atoms with Crippen LogP contribution in [0.1, 0.15) is 25.7 Å². The first-order valence-corrected chi connectivity index (χ1v) is 6.64. The maximum absolute atomic E-state index is 12.0. The smallest absolute Gasteiger partial charge is 0.317 e. The number of nitrogens with zero attached hydrogens (tertiary/aromatic N) is 1. The highest BCUT2D eigenvalue weighted by Crippen LogP contribution is 2.23. The van der Waals surface area contributed by atoms with E-state index in [1.807, 2.05) is 4.90 Å². The molecule has 1 saturated carbocycles. The lowest BCUT2D eigenvalue weighted by molar-refractivity contribution is 0.0514. The number of carbonyl (C=O) groups is 1. The summed E-state index contributed by atoms with van der Waals surface area (Å²) in [4.78, 5) is 13.9. The Labute approximate surface area is 103 Å². The van der Waals surface area contributed by atoms with Gasteiger partial charge in [-0.1, -0.05) is 12.8 Å². The first kappa shape index (κ1) is 12.6.